The van der Waals surface area contributed by atoms with Crippen molar-refractivity contribution in [3.63, 3.8) is 0 Å². The van der Waals surface area contributed by atoms with Gasteiger partial charge in [0.2, 0.25) is 0 Å². The lowest BCUT2D eigenvalue weighted by molar-refractivity contribution is 0.299. The van der Waals surface area contributed by atoms with E-state index >= 15 is 0 Å². The van der Waals surface area contributed by atoms with E-state index in [1.54, 1.807) is 0 Å². The van der Waals surface area contributed by atoms with Crippen LogP contribution in [0.2, 0.25) is 0 Å². The van der Waals surface area contributed by atoms with E-state index in [1.807, 2.05) is 0 Å². The highest BCUT2D eigenvalue weighted by Gasteiger charge is 2.33. The molecular weight excluding hydrogens is 134 g/mol. The van der Waals surface area contributed by atoms with Crippen molar-refractivity contribution >= 4 is 0 Å². The number of nitrogens with zero attached hydrogens (tertiary/aromatic N) is 1. The molecule has 0 unspecified atom stereocenters. The molecule has 1 saturated carbocycles. The molecule has 1 heterocycles. The van der Waals surface area contributed by atoms with Gasteiger partial charge in [-0.3, -0.25) is 0 Å². The maximum absolute atomic E-state index is 2.63. The number of likely N-dealkylation sites (tertiary alicyclic amines) is 1. The SMILES string of the molecule is CCN1C[C@H]2CCCC[C@H]2C1. The van der Waals surface area contributed by atoms with E-state index in [0.29, 0.717) is 0 Å². The lowest BCUT2D eigenvalue weighted by Gasteiger charge is -2.23. The summed E-state index contributed by atoms with van der Waals surface area (Å²) in [6.45, 7) is 6.37. The van der Waals surface area contributed by atoms with E-state index < -0.39 is 0 Å². The summed E-state index contributed by atoms with van der Waals surface area (Å²) in [6.07, 6.45) is 6.03. The summed E-state index contributed by atoms with van der Waals surface area (Å²) >= 11 is 0. The predicted octanol–water partition coefficient (Wildman–Crippen LogP) is 2.13. The van der Waals surface area contributed by atoms with Gasteiger partial charge in [0.15, 0.2) is 0 Å². The number of fused-ring (bicyclic) bond motifs is 1. The Balaban J connectivity index is 1.92. The molecule has 2 atom stereocenters. The smallest absolute Gasteiger partial charge is 0.00128 e. The van der Waals surface area contributed by atoms with Crippen molar-refractivity contribution in [2.75, 3.05) is 19.6 Å². The zero-order valence-corrected chi connectivity index (χ0v) is 7.55. The summed E-state index contributed by atoms with van der Waals surface area (Å²) in [7, 11) is 0. The number of hydrogen-bond acceptors (Lipinski definition) is 1. The molecule has 0 radical (unpaired) electrons. The van der Waals surface area contributed by atoms with Crippen LogP contribution in [-0.2, 0) is 0 Å². The topological polar surface area (TPSA) is 3.24 Å². The Morgan fingerprint density at radius 2 is 1.64 bits per heavy atom. The number of hydrogen-bond donors (Lipinski definition) is 0. The fourth-order valence-corrected chi connectivity index (χ4v) is 2.76. The van der Waals surface area contributed by atoms with Crippen LogP contribution in [0.3, 0.4) is 0 Å². The van der Waals surface area contributed by atoms with Crippen LogP contribution in [0.25, 0.3) is 0 Å². The molecule has 0 N–H and O–H groups in total. The minimum atomic E-state index is 1.07. The van der Waals surface area contributed by atoms with Crippen LogP contribution in [0, 0.1) is 11.8 Å². The zero-order valence-electron chi connectivity index (χ0n) is 7.55. The first-order valence-electron chi connectivity index (χ1n) is 5.12. The standard InChI is InChI=1S/C10H19N/c1-2-11-7-9-5-3-4-6-10(9)8-11/h9-10H,2-8H2,1H3/t9-,10+. The molecule has 1 saturated heterocycles. The van der Waals surface area contributed by atoms with E-state index in [-0.39, 0.29) is 0 Å². The molecule has 1 heteroatoms. The molecular formula is C10H19N. The van der Waals surface area contributed by atoms with Crippen molar-refractivity contribution in [1.29, 1.82) is 0 Å². The van der Waals surface area contributed by atoms with Crippen molar-refractivity contribution in [3.05, 3.63) is 0 Å². The van der Waals surface area contributed by atoms with Crippen molar-refractivity contribution in [3.8, 4) is 0 Å². The van der Waals surface area contributed by atoms with Crippen LogP contribution in [0.5, 0.6) is 0 Å². The van der Waals surface area contributed by atoms with Crippen molar-refractivity contribution < 1.29 is 0 Å². The molecule has 0 aromatic heterocycles. The highest BCUT2D eigenvalue weighted by Crippen LogP contribution is 2.35. The molecule has 0 aromatic carbocycles. The molecule has 0 spiro atoms. The van der Waals surface area contributed by atoms with Gasteiger partial charge in [-0.1, -0.05) is 19.8 Å². The Hall–Kier alpha value is -0.0400. The maximum atomic E-state index is 2.63. The molecule has 11 heavy (non-hydrogen) atoms. The minimum Gasteiger partial charge on any atom is -0.303 e. The first-order chi connectivity index (χ1) is 5.40. The van der Waals surface area contributed by atoms with Crippen LogP contribution in [-0.4, -0.2) is 24.5 Å². The molecule has 2 fully saturated rings. The third-order valence-corrected chi connectivity index (χ3v) is 3.50. The molecule has 0 amide bonds. The van der Waals surface area contributed by atoms with Gasteiger partial charge in [0.25, 0.3) is 0 Å². The van der Waals surface area contributed by atoms with Crippen LogP contribution in [0.15, 0.2) is 0 Å². The van der Waals surface area contributed by atoms with Crippen LogP contribution in [0.4, 0.5) is 0 Å². The first kappa shape index (κ1) is 7.60. The van der Waals surface area contributed by atoms with Crippen LogP contribution >= 0.6 is 0 Å². The minimum absolute atomic E-state index is 1.07. The molecule has 2 aliphatic rings. The summed E-state index contributed by atoms with van der Waals surface area (Å²) < 4.78 is 0. The fraction of sp³-hybridized carbons (Fsp3) is 1.00. The summed E-state index contributed by atoms with van der Waals surface area (Å²) in [5, 5.41) is 0. The van der Waals surface area contributed by atoms with Gasteiger partial charge in [-0.05, 0) is 31.2 Å². The summed E-state index contributed by atoms with van der Waals surface area (Å²) in [5.41, 5.74) is 0. The third kappa shape index (κ3) is 1.44. The molecule has 2 rings (SSSR count). The summed E-state index contributed by atoms with van der Waals surface area (Å²) in [4.78, 5) is 2.63. The Morgan fingerprint density at radius 3 is 2.09 bits per heavy atom. The monoisotopic (exact) mass is 153 g/mol. The highest BCUT2D eigenvalue weighted by atomic mass is 15.1. The molecule has 0 bridgehead atoms. The van der Waals surface area contributed by atoms with Crippen LogP contribution < -0.4 is 0 Å². The maximum Gasteiger partial charge on any atom is 0.00128 e. The lowest BCUT2D eigenvalue weighted by Crippen LogP contribution is -2.19. The molecule has 64 valence electrons. The first-order valence-corrected chi connectivity index (χ1v) is 5.12. The lowest BCUT2D eigenvalue weighted by atomic mass is 9.82. The summed E-state index contributed by atoms with van der Waals surface area (Å²) in [6, 6.07) is 0. The Morgan fingerprint density at radius 1 is 1.09 bits per heavy atom. The quantitative estimate of drug-likeness (QED) is 0.558. The Labute approximate surface area is 69.8 Å². The van der Waals surface area contributed by atoms with E-state index in [9.17, 15) is 0 Å². The van der Waals surface area contributed by atoms with E-state index in [4.69, 9.17) is 0 Å². The molecule has 0 aromatic rings. The highest BCUT2D eigenvalue weighted by molar-refractivity contribution is 4.85. The second-order valence-electron chi connectivity index (χ2n) is 4.16. The zero-order chi connectivity index (χ0) is 7.68. The molecule has 1 aliphatic carbocycles. The Bertz CT molecular complexity index is 119. The van der Waals surface area contributed by atoms with Gasteiger partial charge < -0.3 is 4.90 Å². The largest absolute Gasteiger partial charge is 0.303 e. The fourth-order valence-electron chi connectivity index (χ4n) is 2.76. The van der Waals surface area contributed by atoms with E-state index in [2.05, 4.69) is 11.8 Å². The third-order valence-electron chi connectivity index (χ3n) is 3.50. The average Bonchev–Trinajstić information content (AvgIpc) is 2.46. The Kier molecular flexibility index (Phi) is 2.17. The van der Waals surface area contributed by atoms with Gasteiger partial charge in [0.05, 0.1) is 0 Å². The van der Waals surface area contributed by atoms with Gasteiger partial charge in [0, 0.05) is 13.1 Å². The summed E-state index contributed by atoms with van der Waals surface area (Å²) in [5.74, 6) is 2.15. The molecule has 1 aliphatic heterocycles. The number of rotatable bonds is 1. The predicted molar refractivity (Wildman–Crippen MR) is 47.6 cm³/mol. The van der Waals surface area contributed by atoms with Crippen molar-refractivity contribution in [2.45, 2.75) is 32.6 Å². The van der Waals surface area contributed by atoms with Crippen molar-refractivity contribution in [1.82, 2.24) is 4.90 Å². The average molecular weight is 153 g/mol. The van der Waals surface area contributed by atoms with Crippen LogP contribution in [0.1, 0.15) is 32.6 Å². The van der Waals surface area contributed by atoms with E-state index in [0.717, 1.165) is 11.8 Å². The van der Waals surface area contributed by atoms with Gasteiger partial charge in [-0.15, -0.1) is 0 Å². The van der Waals surface area contributed by atoms with E-state index in [1.165, 1.54) is 45.3 Å². The second-order valence-corrected chi connectivity index (χ2v) is 4.16. The van der Waals surface area contributed by atoms with Gasteiger partial charge in [-0.2, -0.15) is 0 Å². The second kappa shape index (κ2) is 3.14. The van der Waals surface area contributed by atoms with Gasteiger partial charge in [0.1, 0.15) is 0 Å². The van der Waals surface area contributed by atoms with Crippen molar-refractivity contribution in [2.24, 2.45) is 11.8 Å². The van der Waals surface area contributed by atoms with Gasteiger partial charge in [-0.25, -0.2) is 0 Å². The molecule has 1 nitrogen and oxygen atoms in total. The normalized spacial score (nSPS) is 39.0. The van der Waals surface area contributed by atoms with Gasteiger partial charge >= 0.3 is 0 Å².